The van der Waals surface area contributed by atoms with E-state index in [0.29, 0.717) is 26.2 Å². The van der Waals surface area contributed by atoms with Crippen LogP contribution in [-0.4, -0.2) is 59.8 Å². The van der Waals surface area contributed by atoms with Gasteiger partial charge in [-0.25, -0.2) is 13.6 Å². The van der Waals surface area contributed by atoms with Gasteiger partial charge in [0, 0.05) is 32.2 Å². The van der Waals surface area contributed by atoms with Crippen LogP contribution in [0.5, 0.6) is 0 Å². The molecule has 22 heavy (non-hydrogen) atoms. The molecule has 0 aliphatic carbocycles. The fourth-order valence-corrected chi connectivity index (χ4v) is 2.59. The molecule has 0 aromatic heterocycles. The first-order valence-electron chi connectivity index (χ1n) is 7.41. The average molecular weight is 313 g/mol. The highest BCUT2D eigenvalue weighted by Crippen LogP contribution is 2.17. The zero-order chi connectivity index (χ0) is 16.1. The lowest BCUT2D eigenvalue weighted by Crippen LogP contribution is -2.53. The van der Waals surface area contributed by atoms with E-state index in [0.717, 1.165) is 12.5 Å². The van der Waals surface area contributed by atoms with Gasteiger partial charge in [0.1, 0.15) is 0 Å². The molecule has 1 aliphatic heterocycles. The third kappa shape index (κ3) is 3.72. The summed E-state index contributed by atoms with van der Waals surface area (Å²) in [4.78, 5) is 15.8. The molecule has 1 aromatic rings. The summed E-state index contributed by atoms with van der Waals surface area (Å²) < 4.78 is 26.7. The molecule has 0 radical (unpaired) electrons. The molecule has 2 rings (SSSR count). The van der Waals surface area contributed by atoms with Crippen molar-refractivity contribution in [2.24, 2.45) is 0 Å². The number of carbonyl (C=O) groups is 1. The Morgan fingerprint density at radius 1 is 1.32 bits per heavy atom. The number of nitrogens with one attached hydrogen (secondary N) is 1. The summed E-state index contributed by atoms with van der Waals surface area (Å²) in [6, 6.07) is 3.33. The van der Waals surface area contributed by atoms with Gasteiger partial charge in [-0.15, -0.1) is 0 Å². The lowest BCUT2D eigenvalue weighted by molar-refractivity contribution is 0.0765. The molecule has 1 unspecified atom stereocenters. The average Bonchev–Trinajstić information content (AvgIpc) is 2.53. The maximum Gasteiger partial charge on any atom is 0.322 e. The number of anilines is 1. The summed E-state index contributed by atoms with van der Waals surface area (Å²) in [5.41, 5.74) is -0.158. The highest BCUT2D eigenvalue weighted by atomic mass is 19.2. The molecule has 122 valence electrons. The second-order valence-corrected chi connectivity index (χ2v) is 5.30. The van der Waals surface area contributed by atoms with Gasteiger partial charge in [-0.1, -0.05) is 13.0 Å². The maximum absolute atomic E-state index is 13.5. The van der Waals surface area contributed by atoms with Crippen LogP contribution in [-0.2, 0) is 0 Å². The number of halogens is 2. The summed E-state index contributed by atoms with van der Waals surface area (Å²) >= 11 is 0. The molecule has 1 fully saturated rings. The van der Waals surface area contributed by atoms with E-state index < -0.39 is 17.7 Å². The summed E-state index contributed by atoms with van der Waals surface area (Å²) in [5, 5.41) is 11.7. The van der Waals surface area contributed by atoms with Crippen molar-refractivity contribution in [3.05, 3.63) is 29.8 Å². The Balaban J connectivity index is 1.91. The van der Waals surface area contributed by atoms with Gasteiger partial charge < -0.3 is 15.3 Å². The highest BCUT2D eigenvalue weighted by Gasteiger charge is 2.25. The van der Waals surface area contributed by atoms with E-state index in [4.69, 9.17) is 0 Å². The first kappa shape index (κ1) is 16.6. The summed E-state index contributed by atoms with van der Waals surface area (Å²) in [6.07, 6.45) is 0.844. The Bertz CT molecular complexity index is 516. The second-order valence-electron chi connectivity index (χ2n) is 5.30. The van der Waals surface area contributed by atoms with Crippen molar-refractivity contribution in [1.29, 1.82) is 0 Å². The van der Waals surface area contributed by atoms with Crippen molar-refractivity contribution in [3.8, 4) is 0 Å². The Morgan fingerprint density at radius 3 is 2.59 bits per heavy atom. The monoisotopic (exact) mass is 313 g/mol. The lowest BCUT2D eigenvalue weighted by Gasteiger charge is -2.38. The van der Waals surface area contributed by atoms with Gasteiger partial charge >= 0.3 is 6.03 Å². The van der Waals surface area contributed by atoms with Crippen molar-refractivity contribution >= 4 is 11.7 Å². The van der Waals surface area contributed by atoms with Crippen molar-refractivity contribution in [3.63, 3.8) is 0 Å². The quantitative estimate of drug-likeness (QED) is 0.892. The number of hydrogen-bond acceptors (Lipinski definition) is 3. The Kier molecular flexibility index (Phi) is 5.68. The molecular formula is C15H21F2N3O2. The van der Waals surface area contributed by atoms with Crippen LogP contribution in [0.25, 0.3) is 0 Å². The number of urea groups is 1. The van der Waals surface area contributed by atoms with Gasteiger partial charge in [0.15, 0.2) is 11.6 Å². The van der Waals surface area contributed by atoms with Crippen LogP contribution < -0.4 is 5.32 Å². The minimum absolute atomic E-state index is 0.0944. The first-order chi connectivity index (χ1) is 10.6. The normalized spacial score (nSPS) is 17.4. The highest BCUT2D eigenvalue weighted by molar-refractivity contribution is 5.89. The molecule has 5 nitrogen and oxygen atoms in total. The molecule has 0 spiro atoms. The van der Waals surface area contributed by atoms with Gasteiger partial charge in [0.05, 0.1) is 12.3 Å². The van der Waals surface area contributed by atoms with Crippen molar-refractivity contribution in [2.75, 3.05) is 38.1 Å². The number of piperazine rings is 1. The standard InChI is InChI=1S/C15H21F2N3O2/c1-2-11(10-21)19-6-8-20(9-7-19)15(22)18-13-5-3-4-12(16)14(13)17/h3-5,11,21H,2,6-10H2,1H3,(H,18,22). The predicted molar refractivity (Wildman–Crippen MR) is 79.7 cm³/mol. The number of benzene rings is 1. The molecular weight excluding hydrogens is 292 g/mol. The van der Waals surface area contributed by atoms with Crippen molar-refractivity contribution in [1.82, 2.24) is 9.80 Å². The van der Waals surface area contributed by atoms with E-state index >= 15 is 0 Å². The molecule has 0 saturated carbocycles. The van der Waals surface area contributed by atoms with Gasteiger partial charge in [-0.2, -0.15) is 0 Å². The number of amides is 2. The number of aliphatic hydroxyl groups excluding tert-OH is 1. The Morgan fingerprint density at radius 2 is 2.00 bits per heavy atom. The fraction of sp³-hybridized carbons (Fsp3) is 0.533. The van der Waals surface area contributed by atoms with Crippen LogP contribution in [0.1, 0.15) is 13.3 Å². The van der Waals surface area contributed by atoms with Crippen LogP contribution in [0.15, 0.2) is 18.2 Å². The molecule has 1 saturated heterocycles. The molecule has 2 amide bonds. The topological polar surface area (TPSA) is 55.8 Å². The number of aliphatic hydroxyl groups is 1. The molecule has 7 heteroatoms. The van der Waals surface area contributed by atoms with Crippen molar-refractivity contribution < 1.29 is 18.7 Å². The number of rotatable bonds is 4. The van der Waals surface area contributed by atoms with E-state index in [2.05, 4.69) is 10.2 Å². The third-order valence-corrected chi connectivity index (χ3v) is 3.99. The summed E-state index contributed by atoms with van der Waals surface area (Å²) in [5.74, 6) is -2.04. The van der Waals surface area contributed by atoms with Gasteiger partial charge in [0.2, 0.25) is 0 Å². The maximum atomic E-state index is 13.5. The Labute approximate surface area is 128 Å². The smallest absolute Gasteiger partial charge is 0.322 e. The lowest BCUT2D eigenvalue weighted by atomic mass is 10.2. The van der Waals surface area contributed by atoms with E-state index in [1.807, 2.05) is 6.92 Å². The van der Waals surface area contributed by atoms with E-state index in [1.165, 1.54) is 12.1 Å². The van der Waals surface area contributed by atoms with Gasteiger partial charge in [0.25, 0.3) is 0 Å². The first-order valence-corrected chi connectivity index (χ1v) is 7.41. The minimum atomic E-state index is -1.05. The van der Waals surface area contributed by atoms with E-state index in [-0.39, 0.29) is 18.3 Å². The van der Waals surface area contributed by atoms with Crippen LogP contribution in [0.4, 0.5) is 19.3 Å². The third-order valence-electron chi connectivity index (χ3n) is 3.99. The molecule has 0 bridgehead atoms. The van der Waals surface area contributed by atoms with Crippen LogP contribution in [0.2, 0.25) is 0 Å². The molecule has 1 heterocycles. The minimum Gasteiger partial charge on any atom is -0.395 e. The van der Waals surface area contributed by atoms with Gasteiger partial charge in [-0.3, -0.25) is 4.90 Å². The van der Waals surface area contributed by atoms with Crippen LogP contribution in [0, 0.1) is 11.6 Å². The summed E-state index contributed by atoms with van der Waals surface area (Å²) in [7, 11) is 0. The molecule has 1 aromatic carbocycles. The molecule has 1 aliphatic rings. The zero-order valence-electron chi connectivity index (χ0n) is 12.6. The largest absolute Gasteiger partial charge is 0.395 e. The number of nitrogens with zero attached hydrogens (tertiary/aromatic N) is 2. The van der Waals surface area contributed by atoms with E-state index in [1.54, 1.807) is 4.90 Å². The Hall–Kier alpha value is -1.73. The van der Waals surface area contributed by atoms with E-state index in [9.17, 15) is 18.7 Å². The fourth-order valence-electron chi connectivity index (χ4n) is 2.59. The molecule has 2 N–H and O–H groups in total. The summed E-state index contributed by atoms with van der Waals surface area (Å²) in [6.45, 7) is 4.37. The van der Waals surface area contributed by atoms with Crippen LogP contribution in [0.3, 0.4) is 0 Å². The second kappa shape index (κ2) is 7.51. The predicted octanol–water partition coefficient (Wildman–Crippen LogP) is 1.89. The number of carbonyl (C=O) groups excluding carboxylic acids is 1. The van der Waals surface area contributed by atoms with Crippen LogP contribution >= 0.6 is 0 Å². The molecule has 1 atom stereocenters. The number of hydrogen-bond donors (Lipinski definition) is 2. The van der Waals surface area contributed by atoms with Gasteiger partial charge in [-0.05, 0) is 18.6 Å². The van der Waals surface area contributed by atoms with Crippen molar-refractivity contribution in [2.45, 2.75) is 19.4 Å². The zero-order valence-corrected chi connectivity index (χ0v) is 12.6. The SMILES string of the molecule is CCC(CO)N1CCN(C(=O)Nc2cccc(F)c2F)CC1.